The van der Waals surface area contributed by atoms with Gasteiger partial charge in [-0.3, -0.25) is 14.3 Å². The molecule has 3 aliphatic carbocycles. The second kappa shape index (κ2) is 11.8. The molecule has 2 atom stereocenters. The predicted molar refractivity (Wildman–Crippen MR) is 150 cm³/mol. The Morgan fingerprint density at radius 1 is 1.00 bits per heavy atom. The number of hydrogen-bond acceptors (Lipinski definition) is 6. The first-order chi connectivity index (χ1) is 20.9. The Labute approximate surface area is 251 Å². The normalized spacial score (nSPS) is 21.6. The molecule has 1 unspecified atom stereocenters. The van der Waals surface area contributed by atoms with Crippen LogP contribution in [0.3, 0.4) is 0 Å². The number of amides is 2. The van der Waals surface area contributed by atoms with Crippen molar-refractivity contribution >= 4 is 17.5 Å². The number of alkyl halides is 4. The largest absolute Gasteiger partial charge is 0.368 e. The van der Waals surface area contributed by atoms with Gasteiger partial charge in [-0.25, -0.2) is 27.1 Å². The molecule has 0 radical (unpaired) electrons. The van der Waals surface area contributed by atoms with E-state index in [1.807, 2.05) is 19.9 Å². The Morgan fingerprint density at radius 3 is 2.36 bits per heavy atom. The average Bonchev–Trinajstić information content (AvgIpc) is 3.50. The third-order valence-electron chi connectivity index (χ3n) is 8.86. The molecule has 14 heteroatoms. The van der Waals surface area contributed by atoms with Gasteiger partial charge < -0.3 is 15.4 Å². The minimum atomic E-state index is -2.73. The van der Waals surface area contributed by atoms with E-state index in [2.05, 4.69) is 20.8 Å². The third-order valence-corrected chi connectivity index (χ3v) is 8.86. The van der Waals surface area contributed by atoms with Crippen LogP contribution in [-0.4, -0.2) is 60.7 Å². The van der Waals surface area contributed by atoms with Gasteiger partial charge in [-0.2, -0.15) is 10.2 Å². The molecule has 0 aliphatic heterocycles. The number of halogens is 4. The summed E-state index contributed by atoms with van der Waals surface area (Å²) in [6.45, 7) is 3.52. The van der Waals surface area contributed by atoms with E-state index >= 15 is 0 Å². The predicted octanol–water partition coefficient (Wildman–Crippen LogP) is 5.18. The SMILES string of the molecule is CC(C)n1nccc1C(=O)N[C@H](c1cn2ncc(C(NC(=O)COC3CC(F)(F)C3)C3CC3)cc2n1)C1CCC(F)(F)CC1. The van der Waals surface area contributed by atoms with Crippen LogP contribution in [0.1, 0.15) is 105 Å². The number of nitrogens with one attached hydrogen (secondary N) is 2. The molecule has 3 aliphatic rings. The van der Waals surface area contributed by atoms with Crippen molar-refractivity contribution in [1.82, 2.24) is 35.0 Å². The van der Waals surface area contributed by atoms with E-state index in [9.17, 15) is 27.2 Å². The minimum absolute atomic E-state index is 0.0511. The zero-order valence-corrected chi connectivity index (χ0v) is 24.7. The van der Waals surface area contributed by atoms with Crippen LogP contribution in [0.25, 0.3) is 5.65 Å². The van der Waals surface area contributed by atoms with Crippen LogP contribution in [0.15, 0.2) is 30.7 Å². The van der Waals surface area contributed by atoms with Gasteiger partial charge in [0, 0.05) is 37.9 Å². The highest BCUT2D eigenvalue weighted by Gasteiger charge is 2.46. The average molecular weight is 620 g/mol. The molecule has 3 fully saturated rings. The number of carbonyl (C=O) groups excluding carboxylic acids is 2. The second-order valence-corrected chi connectivity index (χ2v) is 12.7. The van der Waals surface area contributed by atoms with Gasteiger partial charge in [-0.1, -0.05) is 0 Å². The molecule has 0 bridgehead atoms. The standard InChI is InChI=1S/C30H37F4N7O3/c1-17(2)41-23(7-10-35-41)28(43)39-27(19-5-8-29(31,32)9-6-19)22-15-40-24(37-22)11-20(14-36-40)26(18-3-4-18)38-25(42)16-44-21-12-30(33,34)13-21/h7,10-11,14-15,17-19,21,26-27H,3-6,8-9,12-13,16H2,1-2H3,(H,38,42)(H,39,43)/t26?,27-/m0/s1. The van der Waals surface area contributed by atoms with Crippen molar-refractivity contribution in [2.45, 2.75) is 101 Å². The fraction of sp³-hybridized carbons (Fsp3) is 0.633. The first-order valence-electron chi connectivity index (χ1n) is 15.2. The van der Waals surface area contributed by atoms with E-state index in [0.717, 1.165) is 18.4 Å². The van der Waals surface area contributed by atoms with Crippen LogP contribution in [0.4, 0.5) is 17.6 Å². The van der Waals surface area contributed by atoms with E-state index in [-0.39, 0.29) is 75.0 Å². The van der Waals surface area contributed by atoms with Crippen LogP contribution < -0.4 is 10.6 Å². The van der Waals surface area contributed by atoms with Gasteiger partial charge in [0.25, 0.3) is 11.8 Å². The number of hydrogen-bond donors (Lipinski definition) is 2. The molecule has 10 nitrogen and oxygen atoms in total. The molecule has 3 heterocycles. The molecule has 6 rings (SSSR count). The summed E-state index contributed by atoms with van der Waals surface area (Å²) in [5.41, 5.74) is 2.09. The molecule has 3 saturated carbocycles. The van der Waals surface area contributed by atoms with Gasteiger partial charge in [0.1, 0.15) is 12.3 Å². The van der Waals surface area contributed by atoms with Crippen molar-refractivity contribution in [2.75, 3.05) is 6.61 Å². The van der Waals surface area contributed by atoms with E-state index in [1.165, 1.54) is 0 Å². The first kappa shape index (κ1) is 30.5. The number of carbonyl (C=O) groups is 2. The molecule has 0 saturated heterocycles. The number of imidazole rings is 1. The molecular weight excluding hydrogens is 582 g/mol. The van der Waals surface area contributed by atoms with Crippen molar-refractivity contribution in [1.29, 1.82) is 0 Å². The van der Waals surface area contributed by atoms with Crippen LogP contribution >= 0.6 is 0 Å². The summed E-state index contributed by atoms with van der Waals surface area (Å²) in [5, 5.41) is 14.8. The molecule has 2 N–H and O–H groups in total. The Hall–Kier alpha value is -3.55. The van der Waals surface area contributed by atoms with Crippen molar-refractivity contribution < 1.29 is 31.9 Å². The minimum Gasteiger partial charge on any atom is -0.368 e. The zero-order chi connectivity index (χ0) is 31.2. The maximum Gasteiger partial charge on any atom is 0.270 e. The molecule has 3 aromatic rings. The Kier molecular flexibility index (Phi) is 8.14. The summed E-state index contributed by atoms with van der Waals surface area (Å²) in [6, 6.07) is 2.41. The maximum atomic E-state index is 14.1. The summed E-state index contributed by atoms with van der Waals surface area (Å²) >= 11 is 0. The van der Waals surface area contributed by atoms with Crippen LogP contribution in [0, 0.1) is 11.8 Å². The lowest BCUT2D eigenvalue weighted by molar-refractivity contribution is -0.170. The molecule has 2 amide bonds. The number of nitrogens with zero attached hydrogens (tertiary/aromatic N) is 5. The molecule has 0 aromatic carbocycles. The maximum absolute atomic E-state index is 14.1. The van der Waals surface area contributed by atoms with Crippen molar-refractivity contribution in [3.63, 3.8) is 0 Å². The Balaban J connectivity index is 1.21. The molecule has 0 spiro atoms. The van der Waals surface area contributed by atoms with Crippen molar-refractivity contribution in [2.24, 2.45) is 11.8 Å². The second-order valence-electron chi connectivity index (χ2n) is 12.7. The van der Waals surface area contributed by atoms with Gasteiger partial charge in [-0.05, 0) is 69.1 Å². The van der Waals surface area contributed by atoms with Crippen LogP contribution in [0.2, 0.25) is 0 Å². The number of fused-ring (bicyclic) bond motifs is 1. The first-order valence-corrected chi connectivity index (χ1v) is 15.2. The summed E-state index contributed by atoms with van der Waals surface area (Å²) in [4.78, 5) is 30.8. The monoisotopic (exact) mass is 619 g/mol. The van der Waals surface area contributed by atoms with E-state index in [0.29, 0.717) is 17.0 Å². The van der Waals surface area contributed by atoms with Gasteiger partial charge in [0.05, 0.1) is 36.3 Å². The lowest BCUT2D eigenvalue weighted by Crippen LogP contribution is -2.43. The smallest absolute Gasteiger partial charge is 0.270 e. The number of rotatable bonds is 11. The lowest BCUT2D eigenvalue weighted by Gasteiger charge is -2.34. The zero-order valence-electron chi connectivity index (χ0n) is 24.7. The van der Waals surface area contributed by atoms with Crippen LogP contribution in [0.5, 0.6) is 0 Å². The van der Waals surface area contributed by atoms with E-state index in [1.54, 1.807) is 33.9 Å². The van der Waals surface area contributed by atoms with Gasteiger partial charge in [0.15, 0.2) is 5.65 Å². The summed E-state index contributed by atoms with van der Waals surface area (Å²) < 4.78 is 62.8. The topological polar surface area (TPSA) is 115 Å². The highest BCUT2D eigenvalue weighted by Crippen LogP contribution is 2.43. The molecule has 3 aromatic heterocycles. The highest BCUT2D eigenvalue weighted by atomic mass is 19.3. The summed E-state index contributed by atoms with van der Waals surface area (Å²) in [6.07, 6.45) is 5.28. The summed E-state index contributed by atoms with van der Waals surface area (Å²) in [7, 11) is 0. The summed E-state index contributed by atoms with van der Waals surface area (Å²) in [5.74, 6) is -6.26. The lowest BCUT2D eigenvalue weighted by atomic mass is 9.81. The third kappa shape index (κ3) is 6.74. The van der Waals surface area contributed by atoms with Gasteiger partial charge >= 0.3 is 0 Å². The fourth-order valence-electron chi connectivity index (χ4n) is 6.22. The highest BCUT2D eigenvalue weighted by molar-refractivity contribution is 5.92. The van der Waals surface area contributed by atoms with Crippen molar-refractivity contribution in [3.05, 3.63) is 47.7 Å². The molecular formula is C30H37F4N7O3. The molecule has 238 valence electrons. The van der Waals surface area contributed by atoms with Gasteiger partial charge in [-0.15, -0.1) is 0 Å². The van der Waals surface area contributed by atoms with Crippen molar-refractivity contribution in [3.8, 4) is 0 Å². The van der Waals surface area contributed by atoms with Crippen LogP contribution in [-0.2, 0) is 9.53 Å². The number of aromatic nitrogens is 5. The Morgan fingerprint density at radius 2 is 1.70 bits per heavy atom. The number of ether oxygens (including phenoxy) is 1. The van der Waals surface area contributed by atoms with Gasteiger partial charge in [0.2, 0.25) is 11.8 Å². The Bertz CT molecular complexity index is 1500. The molecule has 44 heavy (non-hydrogen) atoms. The quantitative estimate of drug-likeness (QED) is 0.286. The fourth-order valence-corrected chi connectivity index (χ4v) is 6.22. The van der Waals surface area contributed by atoms with E-state index < -0.39 is 29.9 Å². The van der Waals surface area contributed by atoms with E-state index in [4.69, 9.17) is 9.72 Å².